The Kier molecular flexibility index (Phi) is 11.4. The predicted molar refractivity (Wildman–Crippen MR) is 171 cm³/mol. The van der Waals surface area contributed by atoms with E-state index >= 15 is 0 Å². The zero-order valence-corrected chi connectivity index (χ0v) is 29.1. The van der Waals surface area contributed by atoms with Crippen molar-refractivity contribution in [3.8, 4) is 0 Å². The number of fused-ring (bicyclic) bond motifs is 1. The van der Waals surface area contributed by atoms with Crippen molar-refractivity contribution >= 4 is 23.6 Å². The van der Waals surface area contributed by atoms with Crippen LogP contribution in [0, 0.1) is 17.8 Å². The maximum atomic E-state index is 13.9. The van der Waals surface area contributed by atoms with Gasteiger partial charge in [0.25, 0.3) is 0 Å². The van der Waals surface area contributed by atoms with Gasteiger partial charge < -0.3 is 33.7 Å². The lowest BCUT2D eigenvalue weighted by Crippen LogP contribution is -2.59. The van der Waals surface area contributed by atoms with E-state index in [1.54, 1.807) is 17.9 Å². The van der Waals surface area contributed by atoms with Crippen LogP contribution < -0.4 is 0 Å². The zero-order chi connectivity index (χ0) is 34.1. The molecule has 4 aliphatic heterocycles. The number of esters is 1. The molecule has 0 aliphatic carbocycles. The van der Waals surface area contributed by atoms with Crippen LogP contribution in [0.2, 0.25) is 0 Å². The third-order valence-electron chi connectivity index (χ3n) is 10.5. The number of carbonyl (C=O) groups excluding carboxylic acids is 3. The van der Waals surface area contributed by atoms with Crippen molar-refractivity contribution in [1.82, 2.24) is 9.80 Å². The van der Waals surface area contributed by atoms with Gasteiger partial charge in [-0.3, -0.25) is 19.5 Å². The molecule has 12 nitrogen and oxygen atoms in total. The maximum Gasteiger partial charge on any atom is 0.410 e. The minimum absolute atomic E-state index is 0.172. The van der Waals surface area contributed by atoms with E-state index in [-0.39, 0.29) is 30.6 Å². The molecule has 0 saturated carbocycles. The molecule has 2 bridgehead atoms. The second kappa shape index (κ2) is 14.4. The molecule has 3 fully saturated rings. The summed E-state index contributed by atoms with van der Waals surface area (Å²) in [7, 11) is 3.79. The molecular formula is C34H55N3O9. The molecule has 1 amide bonds. The van der Waals surface area contributed by atoms with Gasteiger partial charge in [0, 0.05) is 30.1 Å². The van der Waals surface area contributed by atoms with E-state index in [1.165, 1.54) is 0 Å². The summed E-state index contributed by atoms with van der Waals surface area (Å²) in [5.41, 5.74) is -1.37. The van der Waals surface area contributed by atoms with Crippen LogP contribution in [-0.4, -0.2) is 126 Å². The highest BCUT2D eigenvalue weighted by atomic mass is 16.7. The topological polar surface area (TPSA) is 136 Å². The van der Waals surface area contributed by atoms with Crippen LogP contribution in [0.3, 0.4) is 0 Å². The molecule has 0 radical (unpaired) electrons. The van der Waals surface area contributed by atoms with Crippen LogP contribution in [0.5, 0.6) is 0 Å². The Morgan fingerprint density at radius 1 is 1.15 bits per heavy atom. The van der Waals surface area contributed by atoms with Gasteiger partial charge in [0.15, 0.2) is 11.9 Å². The molecule has 3 saturated heterocycles. The largest absolute Gasteiger partial charge is 0.458 e. The van der Waals surface area contributed by atoms with E-state index in [1.807, 2.05) is 53.6 Å². The molecule has 0 spiro atoms. The van der Waals surface area contributed by atoms with E-state index in [0.717, 1.165) is 5.71 Å². The Balaban J connectivity index is 1.81. The van der Waals surface area contributed by atoms with Gasteiger partial charge in [0.05, 0.1) is 37.0 Å². The summed E-state index contributed by atoms with van der Waals surface area (Å²) >= 11 is 0. The smallest absolute Gasteiger partial charge is 0.410 e. The van der Waals surface area contributed by atoms with Crippen molar-refractivity contribution in [3.63, 3.8) is 0 Å². The summed E-state index contributed by atoms with van der Waals surface area (Å²) < 4.78 is 31.3. The van der Waals surface area contributed by atoms with Gasteiger partial charge >= 0.3 is 12.1 Å². The van der Waals surface area contributed by atoms with E-state index in [4.69, 9.17) is 28.7 Å². The van der Waals surface area contributed by atoms with Crippen molar-refractivity contribution < 1.29 is 43.2 Å². The Labute approximate surface area is 273 Å². The second-order valence-electron chi connectivity index (χ2n) is 14.3. The minimum Gasteiger partial charge on any atom is -0.458 e. The number of aliphatic imine (C=N–C) groups is 1. The first-order valence-electron chi connectivity index (χ1n) is 16.7. The lowest BCUT2D eigenvalue weighted by atomic mass is 9.73. The number of amides is 1. The number of Topliss-reactive ketones (excluding diaryl/α,β-unsaturated/α-hetero) is 1. The number of carbonyl (C=O) groups is 3. The average molecular weight is 650 g/mol. The van der Waals surface area contributed by atoms with Crippen LogP contribution in [0.15, 0.2) is 17.6 Å². The molecule has 4 rings (SSSR count). The first-order chi connectivity index (χ1) is 21.6. The summed E-state index contributed by atoms with van der Waals surface area (Å²) in [4.78, 5) is 49.2. The summed E-state index contributed by atoms with van der Waals surface area (Å²) in [5, 5.41) is 11.4. The Morgan fingerprint density at radius 3 is 2.48 bits per heavy atom. The van der Waals surface area contributed by atoms with Crippen molar-refractivity contribution in [1.29, 1.82) is 0 Å². The number of hydrogen-bond donors (Lipinski definition) is 1. The fraction of sp³-hybridized carbons (Fsp3) is 0.824. The molecule has 0 unspecified atom stereocenters. The predicted octanol–water partition coefficient (Wildman–Crippen LogP) is 3.39. The zero-order valence-electron chi connectivity index (χ0n) is 29.1. The fourth-order valence-electron chi connectivity index (χ4n) is 8.27. The number of aliphatic hydroxyl groups excluding tert-OH is 1. The van der Waals surface area contributed by atoms with Crippen LogP contribution in [0.1, 0.15) is 74.1 Å². The Bertz CT molecular complexity index is 1180. The van der Waals surface area contributed by atoms with Crippen molar-refractivity contribution in [2.45, 2.75) is 128 Å². The molecule has 0 aromatic carbocycles. The number of cyclic esters (lactones) is 1. The Hall–Kier alpha value is -2.38. The number of ether oxygens (including phenoxy) is 5. The molecule has 4 aliphatic rings. The number of nitrogens with zero attached hydrogens (tertiary/aromatic N) is 3. The first-order valence-corrected chi connectivity index (χ1v) is 16.7. The van der Waals surface area contributed by atoms with E-state index in [2.05, 4.69) is 13.5 Å². The van der Waals surface area contributed by atoms with Crippen LogP contribution in [0.25, 0.3) is 0 Å². The minimum atomic E-state index is -1.15. The molecule has 12 heteroatoms. The monoisotopic (exact) mass is 649 g/mol. The van der Waals surface area contributed by atoms with Gasteiger partial charge in [-0.2, -0.15) is 0 Å². The summed E-state index contributed by atoms with van der Waals surface area (Å²) in [5.74, 6) is -2.36. The van der Waals surface area contributed by atoms with Crippen LogP contribution in [0.4, 0.5) is 4.79 Å². The van der Waals surface area contributed by atoms with Gasteiger partial charge in [-0.05, 0) is 60.0 Å². The van der Waals surface area contributed by atoms with Gasteiger partial charge in [-0.1, -0.05) is 33.8 Å². The Morgan fingerprint density at radius 2 is 1.85 bits per heavy atom. The molecular weight excluding hydrogens is 594 g/mol. The number of likely N-dealkylation sites (N-methyl/N-ethyl adjacent to an activating group) is 1. The maximum absolute atomic E-state index is 13.9. The molecule has 1 N–H and O–H groups in total. The standard InChI is InChI=1S/C34H55N3O9/c1-11-15-42-33(7)18-19(3)27-22(6)29-34(8,46-32(41)37(29)14-13-35-27)25(12-2)44-26(39)17-24(38)21(5)30(33)45-31-28(40)23(36(9)10)16-20(4)43-31/h11,19-23,25,28-31,40H,1,12-18H2,2-10H3/t19-,20-,21+,22-,23+,25+,28-,29-,30-,31+,33+,34-/m1/s1. The van der Waals surface area contributed by atoms with Gasteiger partial charge in [-0.15, -0.1) is 6.58 Å². The SMILES string of the molecule is C=CCO[C@@]1(C)C[C@@H](C)C2=NCCN3C(=O)O[C@](C)([C@H](CC)OC(=O)CC(=O)[C@H](C)[C@H]1O[C@@H]1O[C@H](C)C[C@H](N(C)C)[C@H]1O)[C@H]3[C@@H]2C. The number of hydrogen-bond acceptors (Lipinski definition) is 11. The molecule has 46 heavy (non-hydrogen) atoms. The number of aliphatic hydroxyl groups is 1. The van der Waals surface area contributed by atoms with E-state index in [0.29, 0.717) is 32.4 Å². The summed E-state index contributed by atoms with van der Waals surface area (Å²) in [6.45, 7) is 18.1. The summed E-state index contributed by atoms with van der Waals surface area (Å²) in [6.07, 6.45) is -1.88. The number of ketones is 1. The van der Waals surface area contributed by atoms with Gasteiger partial charge in [0.1, 0.15) is 24.4 Å². The molecule has 0 aromatic rings. The average Bonchev–Trinajstić information content (AvgIpc) is 3.11. The van der Waals surface area contributed by atoms with Crippen molar-refractivity contribution in [2.75, 3.05) is 33.8 Å². The fourth-order valence-corrected chi connectivity index (χ4v) is 8.27. The number of rotatable bonds is 7. The second-order valence-corrected chi connectivity index (χ2v) is 14.3. The summed E-state index contributed by atoms with van der Waals surface area (Å²) in [6, 6.07) is -0.671. The highest BCUT2D eigenvalue weighted by Crippen LogP contribution is 2.43. The normalized spacial score (nSPS) is 42.5. The van der Waals surface area contributed by atoms with Crippen molar-refractivity contribution in [3.05, 3.63) is 12.7 Å². The van der Waals surface area contributed by atoms with E-state index in [9.17, 15) is 19.5 Å². The lowest BCUT2D eigenvalue weighted by molar-refractivity contribution is -0.296. The third kappa shape index (κ3) is 7.06. The van der Waals surface area contributed by atoms with Crippen LogP contribution >= 0.6 is 0 Å². The van der Waals surface area contributed by atoms with Gasteiger partial charge in [-0.25, -0.2) is 4.79 Å². The van der Waals surface area contributed by atoms with Crippen molar-refractivity contribution in [2.24, 2.45) is 22.7 Å². The lowest BCUT2D eigenvalue weighted by Gasteiger charge is -2.47. The molecule has 260 valence electrons. The molecule has 4 heterocycles. The van der Waals surface area contributed by atoms with Crippen LogP contribution in [-0.2, 0) is 33.3 Å². The molecule has 12 atom stereocenters. The quantitative estimate of drug-likeness (QED) is 0.248. The first kappa shape index (κ1) is 36.5. The highest BCUT2D eigenvalue weighted by molar-refractivity contribution is 5.97. The third-order valence-corrected chi connectivity index (χ3v) is 10.5. The van der Waals surface area contributed by atoms with Gasteiger partial charge in [0.2, 0.25) is 0 Å². The molecule has 0 aromatic heterocycles. The highest BCUT2D eigenvalue weighted by Gasteiger charge is 2.60. The van der Waals surface area contributed by atoms with E-state index < -0.39 is 72.0 Å².